The molecule has 0 spiro atoms. The molecule has 1 aromatic rings. The molecule has 0 saturated heterocycles. The third-order valence-electron chi connectivity index (χ3n) is 2.85. The molecule has 2 amide bonds. The summed E-state index contributed by atoms with van der Waals surface area (Å²) in [7, 11) is 4.06. The van der Waals surface area contributed by atoms with Crippen molar-refractivity contribution < 1.29 is 4.79 Å². The maximum Gasteiger partial charge on any atom is 0.314 e. The molecule has 19 heavy (non-hydrogen) atoms. The lowest BCUT2D eigenvalue weighted by molar-refractivity contribution is 0.240. The first kappa shape index (κ1) is 15.5. The number of urea groups is 1. The zero-order valence-electron chi connectivity index (χ0n) is 12.2. The Morgan fingerprint density at radius 2 is 1.95 bits per heavy atom. The number of carbonyl (C=O) groups excluding carboxylic acids is 1. The lowest BCUT2D eigenvalue weighted by atomic mass is 10.1. The topological polar surface area (TPSA) is 44.4 Å². The van der Waals surface area contributed by atoms with Crippen LogP contribution < -0.4 is 10.6 Å². The van der Waals surface area contributed by atoms with E-state index >= 15 is 0 Å². The summed E-state index contributed by atoms with van der Waals surface area (Å²) < 4.78 is 0. The van der Waals surface area contributed by atoms with E-state index < -0.39 is 0 Å². The van der Waals surface area contributed by atoms with Crippen LogP contribution in [0.4, 0.5) is 4.79 Å². The van der Waals surface area contributed by atoms with Crippen molar-refractivity contribution in [2.75, 3.05) is 33.7 Å². The highest BCUT2D eigenvalue weighted by Crippen LogP contribution is 2.03. The van der Waals surface area contributed by atoms with Crippen molar-refractivity contribution in [2.45, 2.75) is 19.8 Å². The van der Waals surface area contributed by atoms with Crippen LogP contribution in [0, 0.1) is 6.92 Å². The number of nitrogens with one attached hydrogen (secondary N) is 2. The molecule has 0 heterocycles. The Bertz CT molecular complexity index is 391. The predicted molar refractivity (Wildman–Crippen MR) is 79.5 cm³/mol. The van der Waals surface area contributed by atoms with Crippen molar-refractivity contribution in [1.82, 2.24) is 15.5 Å². The van der Waals surface area contributed by atoms with Crippen LogP contribution in [0.3, 0.4) is 0 Å². The molecule has 0 unspecified atom stereocenters. The van der Waals surface area contributed by atoms with Crippen molar-refractivity contribution >= 4 is 6.03 Å². The van der Waals surface area contributed by atoms with Crippen molar-refractivity contribution in [3.05, 3.63) is 35.4 Å². The van der Waals surface area contributed by atoms with Crippen molar-refractivity contribution in [2.24, 2.45) is 0 Å². The van der Waals surface area contributed by atoms with Crippen molar-refractivity contribution in [3.63, 3.8) is 0 Å². The first-order valence-corrected chi connectivity index (χ1v) is 6.80. The molecule has 0 aliphatic carbocycles. The lowest BCUT2D eigenvalue weighted by Crippen LogP contribution is -2.37. The molecule has 4 heteroatoms. The van der Waals surface area contributed by atoms with E-state index in [1.54, 1.807) is 0 Å². The highest BCUT2D eigenvalue weighted by atomic mass is 16.2. The van der Waals surface area contributed by atoms with E-state index in [4.69, 9.17) is 0 Å². The third-order valence-corrected chi connectivity index (χ3v) is 2.85. The molecule has 0 atom stereocenters. The van der Waals surface area contributed by atoms with Gasteiger partial charge in [0, 0.05) is 13.1 Å². The minimum atomic E-state index is -0.0774. The summed E-state index contributed by atoms with van der Waals surface area (Å²) in [6, 6.07) is 8.28. The van der Waals surface area contributed by atoms with Gasteiger partial charge in [-0.1, -0.05) is 29.8 Å². The summed E-state index contributed by atoms with van der Waals surface area (Å²) in [5, 5.41) is 5.73. The summed E-state index contributed by atoms with van der Waals surface area (Å²) in [6.45, 7) is 4.45. The van der Waals surface area contributed by atoms with E-state index in [9.17, 15) is 4.79 Å². The average Bonchev–Trinajstić information content (AvgIpc) is 2.34. The van der Waals surface area contributed by atoms with E-state index in [1.807, 2.05) is 20.2 Å². The number of hydrogen-bond donors (Lipinski definition) is 2. The van der Waals surface area contributed by atoms with Gasteiger partial charge in [0.25, 0.3) is 0 Å². The van der Waals surface area contributed by atoms with Crippen LogP contribution in [-0.2, 0) is 6.42 Å². The summed E-state index contributed by atoms with van der Waals surface area (Å²) in [5.41, 5.74) is 2.51. The molecule has 0 aliphatic rings. The zero-order chi connectivity index (χ0) is 14.1. The Morgan fingerprint density at radius 3 is 2.63 bits per heavy atom. The van der Waals surface area contributed by atoms with Gasteiger partial charge in [-0.2, -0.15) is 0 Å². The van der Waals surface area contributed by atoms with Crippen molar-refractivity contribution in [1.29, 1.82) is 0 Å². The largest absolute Gasteiger partial charge is 0.338 e. The van der Waals surface area contributed by atoms with Gasteiger partial charge in [0.2, 0.25) is 0 Å². The zero-order valence-corrected chi connectivity index (χ0v) is 12.2. The summed E-state index contributed by atoms with van der Waals surface area (Å²) >= 11 is 0. The maximum atomic E-state index is 11.5. The SMILES string of the molecule is Cc1cccc(CCNC(=O)NCCCN(C)C)c1. The minimum Gasteiger partial charge on any atom is -0.338 e. The third kappa shape index (κ3) is 7.47. The molecule has 4 nitrogen and oxygen atoms in total. The van der Waals surface area contributed by atoms with Gasteiger partial charge < -0.3 is 15.5 Å². The number of amides is 2. The number of hydrogen-bond acceptors (Lipinski definition) is 2. The second kappa shape index (κ2) is 8.53. The summed E-state index contributed by atoms with van der Waals surface area (Å²) in [4.78, 5) is 13.6. The van der Waals surface area contributed by atoms with Crippen molar-refractivity contribution in [3.8, 4) is 0 Å². The van der Waals surface area contributed by atoms with Gasteiger partial charge in [-0.3, -0.25) is 0 Å². The van der Waals surface area contributed by atoms with Crippen LogP contribution in [-0.4, -0.2) is 44.7 Å². The number of aryl methyl sites for hydroxylation is 1. The first-order valence-electron chi connectivity index (χ1n) is 6.80. The molecule has 106 valence electrons. The minimum absolute atomic E-state index is 0.0774. The van der Waals surface area contributed by atoms with Gasteiger partial charge in [0.15, 0.2) is 0 Å². The number of nitrogens with zero attached hydrogens (tertiary/aromatic N) is 1. The van der Waals surface area contributed by atoms with E-state index in [0.29, 0.717) is 13.1 Å². The Kier molecular flexibility index (Phi) is 6.97. The molecule has 0 saturated carbocycles. The quantitative estimate of drug-likeness (QED) is 0.737. The van der Waals surface area contributed by atoms with E-state index in [-0.39, 0.29) is 6.03 Å². The molecule has 0 radical (unpaired) electrons. The highest BCUT2D eigenvalue weighted by molar-refractivity contribution is 5.73. The Morgan fingerprint density at radius 1 is 1.21 bits per heavy atom. The van der Waals surface area contributed by atoms with Crippen LogP contribution in [0.1, 0.15) is 17.5 Å². The van der Waals surface area contributed by atoms with Gasteiger partial charge in [-0.05, 0) is 46.0 Å². The molecule has 0 aromatic heterocycles. The summed E-state index contributed by atoms with van der Waals surface area (Å²) in [5.74, 6) is 0. The Hall–Kier alpha value is -1.55. The molecular formula is C15H25N3O. The van der Waals surface area contributed by atoms with E-state index in [1.165, 1.54) is 11.1 Å². The van der Waals surface area contributed by atoms with E-state index in [2.05, 4.69) is 40.7 Å². The molecule has 0 aliphatic heterocycles. The second-order valence-electron chi connectivity index (χ2n) is 5.08. The van der Waals surface area contributed by atoms with Gasteiger partial charge >= 0.3 is 6.03 Å². The molecule has 1 aromatic carbocycles. The van der Waals surface area contributed by atoms with E-state index in [0.717, 1.165) is 19.4 Å². The smallest absolute Gasteiger partial charge is 0.314 e. The lowest BCUT2D eigenvalue weighted by Gasteiger charge is -2.10. The molecule has 1 rings (SSSR count). The van der Waals surface area contributed by atoms with Gasteiger partial charge in [0.05, 0.1) is 0 Å². The second-order valence-corrected chi connectivity index (χ2v) is 5.08. The van der Waals surface area contributed by atoms with Crippen LogP contribution >= 0.6 is 0 Å². The molecular weight excluding hydrogens is 238 g/mol. The predicted octanol–water partition coefficient (Wildman–Crippen LogP) is 1.79. The van der Waals surface area contributed by atoms with Crippen LogP contribution in [0.25, 0.3) is 0 Å². The normalized spacial score (nSPS) is 10.5. The molecule has 2 N–H and O–H groups in total. The van der Waals surface area contributed by atoms with Crippen LogP contribution in [0.15, 0.2) is 24.3 Å². The van der Waals surface area contributed by atoms with Crippen LogP contribution in [0.2, 0.25) is 0 Å². The Balaban J connectivity index is 2.10. The summed E-state index contributed by atoms with van der Waals surface area (Å²) in [6.07, 6.45) is 1.84. The standard InChI is InChI=1S/C15H25N3O/c1-13-6-4-7-14(12-13)8-10-17-15(19)16-9-5-11-18(2)3/h4,6-7,12H,5,8-11H2,1-3H3,(H2,16,17,19). The number of rotatable bonds is 7. The fourth-order valence-electron chi connectivity index (χ4n) is 1.85. The van der Waals surface area contributed by atoms with Gasteiger partial charge in [-0.25, -0.2) is 4.79 Å². The fraction of sp³-hybridized carbons (Fsp3) is 0.533. The molecule has 0 fully saturated rings. The fourth-order valence-corrected chi connectivity index (χ4v) is 1.85. The first-order chi connectivity index (χ1) is 9.08. The number of benzene rings is 1. The monoisotopic (exact) mass is 263 g/mol. The highest BCUT2D eigenvalue weighted by Gasteiger charge is 1.99. The van der Waals surface area contributed by atoms with Crippen LogP contribution in [0.5, 0.6) is 0 Å². The average molecular weight is 263 g/mol. The number of carbonyl (C=O) groups is 1. The molecule has 0 bridgehead atoms. The van der Waals surface area contributed by atoms with Gasteiger partial charge in [0.1, 0.15) is 0 Å². The van der Waals surface area contributed by atoms with Gasteiger partial charge in [-0.15, -0.1) is 0 Å². The maximum absolute atomic E-state index is 11.5. The Labute approximate surface area is 116 Å².